The maximum atomic E-state index is 5.58. The van der Waals surface area contributed by atoms with Crippen molar-refractivity contribution in [2.24, 2.45) is 10.9 Å². The third kappa shape index (κ3) is 3.64. The summed E-state index contributed by atoms with van der Waals surface area (Å²) in [5.41, 5.74) is 2.67. The zero-order valence-corrected chi connectivity index (χ0v) is 17.2. The predicted octanol–water partition coefficient (Wildman–Crippen LogP) is 5.65. The molecule has 0 spiro atoms. The first-order chi connectivity index (χ1) is 13.2. The summed E-state index contributed by atoms with van der Waals surface area (Å²) in [6.07, 6.45) is 8.89. The molecule has 0 aliphatic heterocycles. The Morgan fingerprint density at radius 3 is 2.52 bits per heavy atom. The van der Waals surface area contributed by atoms with Gasteiger partial charge in [-0.25, -0.2) is 0 Å². The van der Waals surface area contributed by atoms with E-state index in [1.54, 1.807) is 14.2 Å². The summed E-state index contributed by atoms with van der Waals surface area (Å²) in [5.74, 6) is 2.77. The van der Waals surface area contributed by atoms with Gasteiger partial charge in [-0.1, -0.05) is 25.7 Å². The first-order valence-electron chi connectivity index (χ1n) is 10.0. The Morgan fingerprint density at radius 1 is 1.07 bits per heavy atom. The Labute approximate surface area is 166 Å². The van der Waals surface area contributed by atoms with Crippen molar-refractivity contribution >= 4 is 18.1 Å². The van der Waals surface area contributed by atoms with E-state index in [1.165, 1.54) is 53.0 Å². The quantitative estimate of drug-likeness (QED) is 0.604. The second-order valence-electron chi connectivity index (χ2n) is 7.83. The second-order valence-corrected chi connectivity index (χ2v) is 9.03. The van der Waals surface area contributed by atoms with Gasteiger partial charge in [-0.15, -0.1) is 11.3 Å². The predicted molar refractivity (Wildman–Crippen MR) is 113 cm³/mol. The minimum Gasteiger partial charge on any atom is -0.493 e. The minimum atomic E-state index is 0.230. The van der Waals surface area contributed by atoms with Crippen LogP contribution >= 0.6 is 11.3 Å². The highest BCUT2D eigenvalue weighted by atomic mass is 32.1. The number of hydrogen-bond acceptors (Lipinski definition) is 4. The molecule has 0 radical (unpaired) electrons. The number of aliphatic imine (C=N–C) groups is 1. The van der Waals surface area contributed by atoms with E-state index in [-0.39, 0.29) is 12.0 Å². The normalized spacial score (nSPS) is 22.4. The lowest BCUT2D eigenvalue weighted by atomic mass is 9.78. The molecule has 1 heterocycles. The van der Waals surface area contributed by atoms with Crippen molar-refractivity contribution in [3.05, 3.63) is 45.1 Å². The van der Waals surface area contributed by atoms with E-state index < -0.39 is 0 Å². The van der Waals surface area contributed by atoms with Crippen LogP contribution in [0, 0.1) is 5.92 Å². The fourth-order valence-electron chi connectivity index (χ4n) is 4.83. The molecule has 3 nitrogen and oxygen atoms in total. The Morgan fingerprint density at radius 2 is 1.81 bits per heavy atom. The van der Waals surface area contributed by atoms with Crippen molar-refractivity contribution in [3.63, 3.8) is 0 Å². The topological polar surface area (TPSA) is 30.8 Å². The van der Waals surface area contributed by atoms with Crippen LogP contribution in [0.1, 0.15) is 58.9 Å². The van der Waals surface area contributed by atoms with Gasteiger partial charge in [0.1, 0.15) is 0 Å². The lowest BCUT2D eigenvalue weighted by Gasteiger charge is -2.31. The number of methoxy groups -OCH3 is 2. The van der Waals surface area contributed by atoms with Crippen molar-refractivity contribution in [2.45, 2.75) is 56.9 Å². The fraction of sp³-hybridized carbons (Fsp3) is 0.522. The number of rotatable bonds is 6. The molecule has 2 aliphatic carbocycles. The van der Waals surface area contributed by atoms with Crippen LogP contribution in [0.4, 0.5) is 0 Å². The molecule has 0 amide bonds. The molecule has 0 unspecified atom stereocenters. The van der Waals surface area contributed by atoms with E-state index in [1.807, 2.05) is 11.3 Å². The first kappa shape index (κ1) is 18.5. The molecular weight excluding hydrogens is 354 g/mol. The van der Waals surface area contributed by atoms with Gasteiger partial charge in [0.25, 0.3) is 0 Å². The van der Waals surface area contributed by atoms with Crippen molar-refractivity contribution in [1.29, 1.82) is 0 Å². The SMILES string of the molecule is C=N[C@H]1CCc2cc(OC)c(OC)cc2[C@@H]1c1ccc(CC2CCCC2)s1. The number of nitrogens with zero attached hydrogens (tertiary/aromatic N) is 1. The molecule has 0 saturated heterocycles. The van der Waals surface area contributed by atoms with Crippen molar-refractivity contribution in [1.82, 2.24) is 0 Å². The summed E-state index contributed by atoms with van der Waals surface area (Å²) in [6, 6.07) is 9.20. The van der Waals surface area contributed by atoms with Crippen LogP contribution in [0.2, 0.25) is 0 Å². The number of ether oxygens (including phenoxy) is 2. The van der Waals surface area contributed by atoms with Gasteiger partial charge in [0.05, 0.1) is 20.3 Å². The van der Waals surface area contributed by atoms with Crippen molar-refractivity contribution in [3.8, 4) is 11.5 Å². The smallest absolute Gasteiger partial charge is 0.161 e. The summed E-state index contributed by atoms with van der Waals surface area (Å²) in [6.45, 7) is 3.90. The number of fused-ring (bicyclic) bond motifs is 1. The molecule has 1 fully saturated rings. The largest absolute Gasteiger partial charge is 0.493 e. The first-order valence-corrected chi connectivity index (χ1v) is 10.8. The molecule has 144 valence electrons. The van der Waals surface area contributed by atoms with Gasteiger partial charge < -0.3 is 9.47 Å². The van der Waals surface area contributed by atoms with Gasteiger partial charge in [0.2, 0.25) is 0 Å². The Bertz CT molecular complexity index is 807. The van der Waals surface area contributed by atoms with Gasteiger partial charge in [0, 0.05) is 15.7 Å². The van der Waals surface area contributed by atoms with E-state index >= 15 is 0 Å². The summed E-state index contributed by atoms with van der Waals surface area (Å²) < 4.78 is 11.1. The average molecular weight is 384 g/mol. The zero-order valence-electron chi connectivity index (χ0n) is 16.4. The molecule has 1 aromatic heterocycles. The molecule has 0 bridgehead atoms. The molecule has 4 rings (SSSR count). The summed E-state index contributed by atoms with van der Waals surface area (Å²) in [5, 5.41) is 0. The molecular formula is C23H29NO2S. The Hall–Kier alpha value is -1.81. The molecule has 2 atom stereocenters. The molecule has 2 aliphatic rings. The highest BCUT2D eigenvalue weighted by Gasteiger charge is 2.33. The number of thiophene rings is 1. The monoisotopic (exact) mass is 383 g/mol. The van der Waals surface area contributed by atoms with Crippen LogP contribution in [0.3, 0.4) is 0 Å². The number of hydrogen-bond donors (Lipinski definition) is 0. The molecule has 0 N–H and O–H groups in total. The van der Waals surface area contributed by atoms with Crippen LogP contribution in [0.15, 0.2) is 29.3 Å². The molecule has 2 aromatic rings. The average Bonchev–Trinajstić information content (AvgIpc) is 3.38. The van der Waals surface area contributed by atoms with Crippen LogP contribution in [0.25, 0.3) is 0 Å². The highest BCUT2D eigenvalue weighted by molar-refractivity contribution is 7.12. The summed E-state index contributed by atoms with van der Waals surface area (Å²) in [4.78, 5) is 7.43. The minimum absolute atomic E-state index is 0.230. The van der Waals surface area contributed by atoms with Gasteiger partial charge in [-0.3, -0.25) is 4.99 Å². The molecule has 1 saturated carbocycles. The third-order valence-corrected chi connectivity index (χ3v) is 7.45. The van der Waals surface area contributed by atoms with E-state index in [0.29, 0.717) is 0 Å². The van der Waals surface area contributed by atoms with E-state index in [4.69, 9.17) is 9.47 Å². The summed E-state index contributed by atoms with van der Waals surface area (Å²) in [7, 11) is 3.41. The zero-order chi connectivity index (χ0) is 18.8. The molecule has 4 heteroatoms. The second kappa shape index (κ2) is 8.05. The Kier molecular flexibility index (Phi) is 5.53. The highest BCUT2D eigenvalue weighted by Crippen LogP contribution is 2.45. The Balaban J connectivity index is 1.68. The van der Waals surface area contributed by atoms with E-state index in [9.17, 15) is 0 Å². The van der Waals surface area contributed by atoms with Crippen LogP contribution < -0.4 is 9.47 Å². The number of aryl methyl sites for hydroxylation is 1. The van der Waals surface area contributed by atoms with E-state index in [0.717, 1.165) is 30.3 Å². The van der Waals surface area contributed by atoms with Crippen LogP contribution in [0.5, 0.6) is 11.5 Å². The lowest BCUT2D eigenvalue weighted by Crippen LogP contribution is -2.24. The maximum Gasteiger partial charge on any atom is 0.161 e. The van der Waals surface area contributed by atoms with Crippen molar-refractivity contribution in [2.75, 3.05) is 14.2 Å². The third-order valence-electron chi connectivity index (χ3n) is 6.26. The van der Waals surface area contributed by atoms with Gasteiger partial charge in [0.15, 0.2) is 11.5 Å². The van der Waals surface area contributed by atoms with Crippen LogP contribution in [-0.2, 0) is 12.8 Å². The number of benzene rings is 1. The molecule has 1 aromatic carbocycles. The fourth-order valence-corrected chi connectivity index (χ4v) is 6.14. The molecule has 27 heavy (non-hydrogen) atoms. The van der Waals surface area contributed by atoms with Gasteiger partial charge in [-0.05, 0) is 67.3 Å². The lowest BCUT2D eigenvalue weighted by molar-refractivity contribution is 0.352. The van der Waals surface area contributed by atoms with Crippen LogP contribution in [-0.4, -0.2) is 27.0 Å². The van der Waals surface area contributed by atoms with Gasteiger partial charge >= 0.3 is 0 Å². The van der Waals surface area contributed by atoms with Gasteiger partial charge in [-0.2, -0.15) is 0 Å². The van der Waals surface area contributed by atoms with Crippen molar-refractivity contribution < 1.29 is 9.47 Å². The summed E-state index contributed by atoms with van der Waals surface area (Å²) >= 11 is 1.97. The standard InChI is InChI=1S/C23H29NO2S/c1-24-19-10-8-16-13-20(25-2)21(26-3)14-18(16)23(19)22-11-9-17(27-22)12-15-6-4-5-7-15/h9,11,13-15,19,23H,1,4-8,10,12H2,2-3H3/t19-,23-/m0/s1. The maximum absolute atomic E-state index is 5.58. The van der Waals surface area contributed by atoms with E-state index in [2.05, 4.69) is 36.0 Å².